The Bertz CT molecular complexity index is 633. The average molecular weight is 272 g/mol. The Kier molecular flexibility index (Phi) is 3.32. The van der Waals surface area contributed by atoms with Crippen LogP contribution in [0, 0.1) is 0 Å². The average Bonchev–Trinajstić information content (AvgIpc) is 2.51. The van der Waals surface area contributed by atoms with Crippen LogP contribution in [0.4, 0.5) is 11.5 Å². The van der Waals surface area contributed by atoms with E-state index in [-0.39, 0.29) is 5.56 Å². The Morgan fingerprint density at radius 3 is 2.55 bits per heavy atom. The van der Waals surface area contributed by atoms with Crippen molar-refractivity contribution in [1.82, 2.24) is 19.7 Å². The normalized spacial score (nSPS) is 15.4. The summed E-state index contributed by atoms with van der Waals surface area (Å²) in [6.45, 7) is 3.43. The molecule has 3 heterocycles. The van der Waals surface area contributed by atoms with Crippen LogP contribution in [0.2, 0.25) is 0 Å². The number of hydrogen-bond acceptors (Lipinski definition) is 6. The molecule has 20 heavy (non-hydrogen) atoms. The molecule has 7 nitrogen and oxygen atoms in total. The molecule has 1 aliphatic heterocycles. The molecular weight excluding hydrogens is 256 g/mol. The number of hydrogen-bond donors (Lipinski definition) is 0. The fourth-order valence-corrected chi connectivity index (χ4v) is 2.30. The predicted octanol–water partition coefficient (Wildman–Crippen LogP) is -0.103. The molecule has 2 aromatic rings. The summed E-state index contributed by atoms with van der Waals surface area (Å²) in [5.74, 6) is 0.946. The Labute approximate surface area is 116 Å². The van der Waals surface area contributed by atoms with E-state index in [1.807, 2.05) is 6.07 Å². The monoisotopic (exact) mass is 272 g/mol. The summed E-state index contributed by atoms with van der Waals surface area (Å²) >= 11 is 0. The standard InChI is InChI=1S/C13H16N6O/c1-17-13(20)8-11(9-16-17)18-4-6-19(7-5-18)12-2-3-14-10-15-12/h2-3,8-10H,4-7H2,1H3. The Morgan fingerprint density at radius 1 is 1.15 bits per heavy atom. The largest absolute Gasteiger partial charge is 0.367 e. The van der Waals surface area contributed by atoms with Gasteiger partial charge in [0, 0.05) is 45.5 Å². The molecule has 0 amide bonds. The molecule has 0 unspecified atom stereocenters. The quantitative estimate of drug-likeness (QED) is 0.760. The van der Waals surface area contributed by atoms with Crippen molar-refractivity contribution in [1.29, 1.82) is 0 Å². The highest BCUT2D eigenvalue weighted by atomic mass is 16.1. The molecule has 0 aromatic carbocycles. The third kappa shape index (κ3) is 2.47. The van der Waals surface area contributed by atoms with Crippen molar-refractivity contribution in [2.24, 2.45) is 7.05 Å². The van der Waals surface area contributed by atoms with Gasteiger partial charge in [0.05, 0.1) is 11.9 Å². The third-order valence-electron chi connectivity index (χ3n) is 3.49. The van der Waals surface area contributed by atoms with Crippen LogP contribution in [0.15, 0.2) is 35.6 Å². The number of nitrogens with zero attached hydrogens (tertiary/aromatic N) is 6. The molecule has 104 valence electrons. The molecule has 3 rings (SSSR count). The molecule has 1 fully saturated rings. The molecule has 1 aliphatic rings. The summed E-state index contributed by atoms with van der Waals surface area (Å²) in [6.07, 6.45) is 5.05. The lowest BCUT2D eigenvalue weighted by Gasteiger charge is -2.36. The van der Waals surface area contributed by atoms with Gasteiger partial charge in [0.15, 0.2) is 0 Å². The molecule has 2 aromatic heterocycles. The van der Waals surface area contributed by atoms with Crippen molar-refractivity contribution >= 4 is 11.5 Å². The van der Waals surface area contributed by atoms with E-state index in [1.165, 1.54) is 4.68 Å². The van der Waals surface area contributed by atoms with E-state index in [1.54, 1.807) is 31.8 Å². The highest BCUT2D eigenvalue weighted by Crippen LogP contribution is 2.16. The van der Waals surface area contributed by atoms with Gasteiger partial charge in [-0.05, 0) is 6.07 Å². The van der Waals surface area contributed by atoms with E-state index in [0.29, 0.717) is 0 Å². The second kappa shape index (κ2) is 5.28. The number of aromatic nitrogens is 4. The van der Waals surface area contributed by atoms with Crippen LogP contribution in [-0.2, 0) is 7.05 Å². The molecule has 0 saturated carbocycles. The summed E-state index contributed by atoms with van der Waals surface area (Å²) in [6, 6.07) is 3.54. The summed E-state index contributed by atoms with van der Waals surface area (Å²) in [7, 11) is 1.65. The van der Waals surface area contributed by atoms with Gasteiger partial charge < -0.3 is 9.80 Å². The zero-order valence-electron chi connectivity index (χ0n) is 11.3. The maximum atomic E-state index is 11.6. The first-order chi connectivity index (χ1) is 9.74. The minimum Gasteiger partial charge on any atom is -0.367 e. The van der Waals surface area contributed by atoms with E-state index < -0.39 is 0 Å². The van der Waals surface area contributed by atoms with Crippen LogP contribution in [-0.4, -0.2) is 45.9 Å². The van der Waals surface area contributed by atoms with Crippen LogP contribution in [0.3, 0.4) is 0 Å². The second-order valence-electron chi connectivity index (χ2n) is 4.72. The molecular formula is C13H16N6O. The van der Waals surface area contributed by atoms with E-state index in [0.717, 1.165) is 37.7 Å². The molecule has 0 N–H and O–H groups in total. The highest BCUT2D eigenvalue weighted by molar-refractivity contribution is 5.46. The van der Waals surface area contributed by atoms with Crippen LogP contribution in [0.1, 0.15) is 0 Å². The lowest BCUT2D eigenvalue weighted by molar-refractivity contribution is 0.637. The summed E-state index contributed by atoms with van der Waals surface area (Å²) in [5, 5.41) is 4.06. The fraction of sp³-hybridized carbons (Fsp3) is 0.385. The smallest absolute Gasteiger partial charge is 0.268 e. The fourth-order valence-electron chi connectivity index (χ4n) is 2.30. The Balaban J connectivity index is 1.69. The van der Waals surface area contributed by atoms with Gasteiger partial charge in [0.1, 0.15) is 12.1 Å². The van der Waals surface area contributed by atoms with E-state index in [2.05, 4.69) is 24.9 Å². The summed E-state index contributed by atoms with van der Waals surface area (Å²) < 4.78 is 1.33. The number of rotatable bonds is 2. The lowest BCUT2D eigenvalue weighted by Crippen LogP contribution is -2.47. The molecule has 0 atom stereocenters. The number of piperazine rings is 1. The van der Waals surface area contributed by atoms with Gasteiger partial charge in [-0.15, -0.1) is 0 Å². The van der Waals surface area contributed by atoms with Crippen LogP contribution in [0.25, 0.3) is 0 Å². The van der Waals surface area contributed by atoms with E-state index in [9.17, 15) is 4.79 Å². The topological polar surface area (TPSA) is 67.2 Å². The second-order valence-corrected chi connectivity index (χ2v) is 4.72. The van der Waals surface area contributed by atoms with E-state index >= 15 is 0 Å². The van der Waals surface area contributed by atoms with Crippen molar-refractivity contribution < 1.29 is 0 Å². The molecule has 0 spiro atoms. The van der Waals surface area contributed by atoms with Crippen molar-refractivity contribution in [3.8, 4) is 0 Å². The zero-order valence-corrected chi connectivity index (χ0v) is 11.3. The zero-order chi connectivity index (χ0) is 13.9. The minimum absolute atomic E-state index is 0.0827. The van der Waals surface area contributed by atoms with Gasteiger partial charge in [0.2, 0.25) is 0 Å². The van der Waals surface area contributed by atoms with Crippen LogP contribution >= 0.6 is 0 Å². The van der Waals surface area contributed by atoms with Crippen molar-refractivity contribution in [2.45, 2.75) is 0 Å². The van der Waals surface area contributed by atoms with Crippen molar-refractivity contribution in [2.75, 3.05) is 36.0 Å². The van der Waals surface area contributed by atoms with Gasteiger partial charge in [0.25, 0.3) is 5.56 Å². The number of anilines is 2. The molecule has 0 aliphatic carbocycles. The molecule has 7 heteroatoms. The Morgan fingerprint density at radius 2 is 1.90 bits per heavy atom. The van der Waals surface area contributed by atoms with Crippen LogP contribution < -0.4 is 15.4 Å². The maximum absolute atomic E-state index is 11.6. The van der Waals surface area contributed by atoms with Crippen LogP contribution in [0.5, 0.6) is 0 Å². The highest BCUT2D eigenvalue weighted by Gasteiger charge is 2.18. The lowest BCUT2D eigenvalue weighted by atomic mass is 10.3. The first kappa shape index (κ1) is 12.6. The predicted molar refractivity (Wildman–Crippen MR) is 75.9 cm³/mol. The number of aryl methyl sites for hydroxylation is 1. The van der Waals surface area contributed by atoms with Gasteiger partial charge >= 0.3 is 0 Å². The van der Waals surface area contributed by atoms with Crippen molar-refractivity contribution in [3.05, 3.63) is 41.2 Å². The van der Waals surface area contributed by atoms with Gasteiger partial charge in [-0.2, -0.15) is 5.10 Å². The SMILES string of the molecule is Cn1ncc(N2CCN(c3ccncn3)CC2)cc1=O. The molecule has 1 saturated heterocycles. The minimum atomic E-state index is -0.0827. The maximum Gasteiger partial charge on any atom is 0.268 e. The first-order valence-electron chi connectivity index (χ1n) is 6.53. The molecule has 0 radical (unpaired) electrons. The van der Waals surface area contributed by atoms with Gasteiger partial charge in [-0.1, -0.05) is 0 Å². The Hall–Kier alpha value is -2.44. The van der Waals surface area contributed by atoms with E-state index in [4.69, 9.17) is 0 Å². The summed E-state index contributed by atoms with van der Waals surface area (Å²) in [5.41, 5.74) is 0.802. The van der Waals surface area contributed by atoms with Gasteiger partial charge in [-0.25, -0.2) is 14.6 Å². The van der Waals surface area contributed by atoms with Crippen molar-refractivity contribution in [3.63, 3.8) is 0 Å². The van der Waals surface area contributed by atoms with Gasteiger partial charge in [-0.3, -0.25) is 4.79 Å². The third-order valence-corrected chi connectivity index (χ3v) is 3.49. The summed E-state index contributed by atoms with van der Waals surface area (Å²) in [4.78, 5) is 24.2. The molecule has 0 bridgehead atoms. The first-order valence-corrected chi connectivity index (χ1v) is 6.53.